The first-order chi connectivity index (χ1) is 17.0. The van der Waals surface area contributed by atoms with Gasteiger partial charge in [0.15, 0.2) is 0 Å². The second kappa shape index (κ2) is 10.1. The molecule has 1 unspecified atom stereocenters. The van der Waals surface area contributed by atoms with Crippen LogP contribution in [0.5, 0.6) is 0 Å². The van der Waals surface area contributed by atoms with E-state index in [2.05, 4.69) is 9.71 Å². The smallest absolute Gasteiger partial charge is 0.354 e. The van der Waals surface area contributed by atoms with Crippen molar-refractivity contribution in [1.29, 1.82) is 0 Å². The van der Waals surface area contributed by atoms with E-state index < -0.39 is 22.1 Å². The molecule has 2 N–H and O–H groups in total. The number of ether oxygens (including phenoxy) is 2. The molecule has 0 spiro atoms. The Hall–Kier alpha value is -2.53. The Bertz CT molecular complexity index is 1330. The summed E-state index contributed by atoms with van der Waals surface area (Å²) >= 11 is 5.52. The van der Waals surface area contributed by atoms with E-state index in [4.69, 9.17) is 26.2 Å². The normalized spacial score (nSPS) is 16.3. The van der Waals surface area contributed by atoms with Gasteiger partial charge in [0, 0.05) is 40.8 Å². The van der Waals surface area contributed by atoms with E-state index >= 15 is 0 Å². The molecule has 1 aliphatic rings. The van der Waals surface area contributed by atoms with Crippen LogP contribution in [0.4, 0.5) is 0 Å². The summed E-state index contributed by atoms with van der Waals surface area (Å²) in [4.78, 5) is 27.7. The maximum Gasteiger partial charge on any atom is 0.354 e. The van der Waals surface area contributed by atoms with Crippen LogP contribution in [0.1, 0.15) is 67.1 Å². The summed E-state index contributed by atoms with van der Waals surface area (Å²) in [6, 6.07) is 3.44. The van der Waals surface area contributed by atoms with Gasteiger partial charge in [-0.15, -0.1) is 4.72 Å². The van der Waals surface area contributed by atoms with Gasteiger partial charge in [-0.05, 0) is 52.2 Å². The summed E-state index contributed by atoms with van der Waals surface area (Å²) < 4.78 is 27.5. The second-order valence-corrected chi connectivity index (χ2v) is 12.2. The number of hydrogen-bond acceptors (Lipinski definition) is 7. The number of esters is 2. The fraction of sp³-hybridized carbons (Fsp3) is 0.480. The molecule has 0 saturated heterocycles. The van der Waals surface area contributed by atoms with Gasteiger partial charge in [-0.2, -0.15) is 5.10 Å². The number of carbonyl (C=O) groups is 2. The lowest BCUT2D eigenvalue weighted by Crippen LogP contribution is -2.40. The van der Waals surface area contributed by atoms with Crippen LogP contribution in [0.15, 0.2) is 12.1 Å². The van der Waals surface area contributed by atoms with Gasteiger partial charge in [0.2, 0.25) is 0 Å². The quantitative estimate of drug-likeness (QED) is 0.340. The van der Waals surface area contributed by atoms with Gasteiger partial charge in [-0.3, -0.25) is 9.48 Å². The van der Waals surface area contributed by atoms with Gasteiger partial charge in [0.1, 0.15) is 10.4 Å². The average molecular weight is 535 g/mol. The Labute approximate surface area is 218 Å². The summed E-state index contributed by atoms with van der Waals surface area (Å²) in [6.45, 7) is 8.38. The zero-order valence-corrected chi connectivity index (χ0v) is 22.9. The Morgan fingerprint density at radius 2 is 2.00 bits per heavy atom. The van der Waals surface area contributed by atoms with Crippen molar-refractivity contribution >= 4 is 45.8 Å². The molecule has 0 saturated carbocycles. The molecule has 1 aromatic carbocycles. The number of nitrogens with one attached hydrogen (secondary N) is 2. The van der Waals surface area contributed by atoms with Gasteiger partial charge in [0.25, 0.3) is 0 Å². The van der Waals surface area contributed by atoms with E-state index in [1.807, 2.05) is 38.4 Å². The molecule has 3 aromatic rings. The van der Waals surface area contributed by atoms with Crippen LogP contribution in [0, 0.1) is 6.92 Å². The first-order valence-electron chi connectivity index (χ1n) is 11.7. The second-order valence-electron chi connectivity index (χ2n) is 9.80. The van der Waals surface area contributed by atoms with E-state index in [-0.39, 0.29) is 30.5 Å². The van der Waals surface area contributed by atoms with Crippen LogP contribution in [-0.4, -0.2) is 50.2 Å². The van der Waals surface area contributed by atoms with E-state index in [9.17, 15) is 14.1 Å². The maximum absolute atomic E-state index is 12.9. The summed E-state index contributed by atoms with van der Waals surface area (Å²) in [5.74, 6) is -0.911. The molecule has 11 heteroatoms. The monoisotopic (exact) mass is 534 g/mol. The number of aromatic nitrogens is 3. The molecule has 194 valence electrons. The summed E-state index contributed by atoms with van der Waals surface area (Å²) in [7, 11) is 2.64. The first kappa shape index (κ1) is 26.5. The summed E-state index contributed by atoms with van der Waals surface area (Å²) in [5.41, 5.74) is 4.81. The highest BCUT2D eigenvalue weighted by molar-refractivity contribution is 7.90. The van der Waals surface area contributed by atoms with Crippen LogP contribution >= 0.6 is 11.6 Å². The predicted octanol–water partition coefficient (Wildman–Crippen LogP) is 4.38. The molecule has 9 nitrogen and oxygen atoms in total. The van der Waals surface area contributed by atoms with Gasteiger partial charge >= 0.3 is 11.9 Å². The minimum Gasteiger partial charge on any atom is -0.598 e. The number of rotatable bonds is 7. The van der Waals surface area contributed by atoms with E-state index in [1.165, 1.54) is 14.2 Å². The predicted molar refractivity (Wildman–Crippen MR) is 139 cm³/mol. The number of benzene rings is 1. The van der Waals surface area contributed by atoms with Crippen molar-refractivity contribution in [3.05, 3.63) is 39.8 Å². The third-order valence-corrected chi connectivity index (χ3v) is 8.34. The standard InChI is InChI=1S/C25H31ClN4O5S/c1-13-19(23-17(11-12-30(23)28-13)29-36(33)25(2,3)4)20-16(26)9-7-14-15(8-10-18(31)34-5)22(24(32)35-6)27-21(14)20/h7,9,17,27,29H,8,10-12H2,1-6H3/t17-,36?/m1/s1. The molecule has 2 atom stereocenters. The van der Waals surface area contributed by atoms with Gasteiger partial charge in [-0.1, -0.05) is 17.7 Å². The molecule has 0 amide bonds. The Balaban J connectivity index is 1.89. The van der Waals surface area contributed by atoms with Crippen molar-refractivity contribution in [1.82, 2.24) is 19.5 Å². The Kier molecular flexibility index (Phi) is 7.43. The van der Waals surface area contributed by atoms with Crippen LogP contribution < -0.4 is 4.72 Å². The molecular weight excluding hydrogens is 504 g/mol. The van der Waals surface area contributed by atoms with E-state index in [1.54, 1.807) is 6.07 Å². The van der Waals surface area contributed by atoms with Crippen LogP contribution in [0.2, 0.25) is 5.02 Å². The van der Waals surface area contributed by atoms with Gasteiger partial charge in [-0.25, -0.2) is 4.79 Å². The van der Waals surface area contributed by atoms with Crippen molar-refractivity contribution in [2.24, 2.45) is 0 Å². The molecule has 2 aromatic heterocycles. The lowest BCUT2D eigenvalue weighted by molar-refractivity contribution is -0.140. The number of aryl methyl sites for hydroxylation is 3. The minimum absolute atomic E-state index is 0.109. The largest absolute Gasteiger partial charge is 0.598 e. The van der Waals surface area contributed by atoms with Gasteiger partial charge < -0.3 is 19.0 Å². The van der Waals surface area contributed by atoms with Crippen LogP contribution in [-0.2, 0) is 38.6 Å². The van der Waals surface area contributed by atoms with E-state index in [0.717, 1.165) is 28.8 Å². The zero-order valence-electron chi connectivity index (χ0n) is 21.3. The number of fused-ring (bicyclic) bond motifs is 2. The highest BCUT2D eigenvalue weighted by Crippen LogP contribution is 2.44. The highest BCUT2D eigenvalue weighted by atomic mass is 35.5. The molecular formula is C25H31ClN4O5S. The third-order valence-electron chi connectivity index (χ3n) is 6.41. The molecule has 0 aliphatic carbocycles. The number of H-pyrrole nitrogens is 1. The molecule has 3 heterocycles. The number of methoxy groups -OCH3 is 2. The summed E-state index contributed by atoms with van der Waals surface area (Å²) in [6.07, 6.45) is 1.14. The third kappa shape index (κ3) is 4.74. The molecule has 36 heavy (non-hydrogen) atoms. The van der Waals surface area contributed by atoms with Crippen molar-refractivity contribution < 1.29 is 23.6 Å². The number of hydrogen-bond donors (Lipinski definition) is 2. The van der Waals surface area contributed by atoms with Crippen LogP contribution in [0.25, 0.3) is 22.0 Å². The highest BCUT2D eigenvalue weighted by Gasteiger charge is 2.37. The molecule has 4 rings (SSSR count). The fourth-order valence-corrected chi connectivity index (χ4v) is 5.74. The van der Waals surface area contributed by atoms with Gasteiger partial charge in [0.05, 0.1) is 42.2 Å². The Morgan fingerprint density at radius 3 is 2.64 bits per heavy atom. The minimum atomic E-state index is -1.27. The molecule has 0 fully saturated rings. The first-order valence-corrected chi connectivity index (χ1v) is 13.2. The van der Waals surface area contributed by atoms with Crippen molar-refractivity contribution in [3.63, 3.8) is 0 Å². The zero-order chi connectivity index (χ0) is 26.4. The lowest BCUT2D eigenvalue weighted by Gasteiger charge is -2.26. The number of carbonyl (C=O) groups excluding carboxylic acids is 2. The van der Waals surface area contributed by atoms with E-state index in [0.29, 0.717) is 28.2 Å². The van der Waals surface area contributed by atoms with Crippen LogP contribution in [0.3, 0.4) is 0 Å². The van der Waals surface area contributed by atoms with Crippen molar-refractivity contribution in [2.75, 3.05) is 14.2 Å². The topological polar surface area (TPSA) is 121 Å². The number of nitrogens with zero attached hydrogens (tertiary/aromatic N) is 2. The number of halogens is 1. The molecule has 0 bridgehead atoms. The fourth-order valence-electron chi connectivity index (χ4n) is 4.64. The average Bonchev–Trinajstić information content (AvgIpc) is 3.48. The Morgan fingerprint density at radius 1 is 1.28 bits per heavy atom. The SMILES string of the molecule is COC(=O)CCc1c(C(=O)OC)[nH]c2c(-c3c(C)nn4c3[C@H](N[S+]([O-])C(C)(C)C)CC4)c(Cl)ccc12. The maximum atomic E-state index is 12.9. The van der Waals surface area contributed by atoms with Crippen molar-refractivity contribution in [3.8, 4) is 11.1 Å². The molecule has 1 aliphatic heterocycles. The van der Waals surface area contributed by atoms with Crippen molar-refractivity contribution in [2.45, 2.75) is 64.3 Å². The molecule has 0 radical (unpaired) electrons. The summed E-state index contributed by atoms with van der Waals surface area (Å²) in [5, 5.41) is 5.99. The lowest BCUT2D eigenvalue weighted by atomic mass is 9.96. The number of aromatic amines is 1.